The molecule has 0 spiro atoms. The zero-order chi connectivity index (χ0) is 13.2. The lowest BCUT2D eigenvalue weighted by molar-refractivity contribution is -0.111. The summed E-state index contributed by atoms with van der Waals surface area (Å²) in [6.07, 6.45) is 5.78. The van der Waals surface area contributed by atoms with Gasteiger partial charge in [-0.1, -0.05) is 19.8 Å². The van der Waals surface area contributed by atoms with E-state index in [1.54, 1.807) is 0 Å². The predicted octanol–water partition coefficient (Wildman–Crippen LogP) is 2.43. The topological polar surface area (TPSA) is 32.7 Å². The Hall–Kier alpha value is -0.120. The van der Waals surface area contributed by atoms with Crippen LogP contribution >= 0.6 is 0 Å². The van der Waals surface area contributed by atoms with Gasteiger partial charge in [-0.25, -0.2) is 0 Å². The van der Waals surface area contributed by atoms with Crippen LogP contribution in [0.25, 0.3) is 0 Å². The summed E-state index contributed by atoms with van der Waals surface area (Å²) in [5.41, 5.74) is 0.0675. The molecule has 106 valence electrons. The highest BCUT2D eigenvalue weighted by Crippen LogP contribution is 2.35. The molecule has 2 fully saturated rings. The van der Waals surface area contributed by atoms with Crippen molar-refractivity contribution in [2.24, 2.45) is 5.92 Å². The second-order valence-electron chi connectivity index (χ2n) is 6.66. The molecule has 0 aromatic carbocycles. The number of ether oxygens (including phenoxy) is 1. The molecular formula is C15H29NO2. The minimum atomic E-state index is -0.143. The SMILES string of the molecule is CCCC1CCC(O)C(N2CCOCC2(C)C)C1. The lowest BCUT2D eigenvalue weighted by atomic mass is 9.79. The Kier molecular flexibility index (Phi) is 4.68. The number of aliphatic hydroxyl groups is 1. The van der Waals surface area contributed by atoms with Crippen LogP contribution in [-0.2, 0) is 4.74 Å². The summed E-state index contributed by atoms with van der Waals surface area (Å²) in [6.45, 7) is 9.30. The first kappa shape index (κ1) is 14.3. The maximum absolute atomic E-state index is 10.4. The van der Waals surface area contributed by atoms with E-state index in [0.29, 0.717) is 6.04 Å². The molecule has 1 heterocycles. The van der Waals surface area contributed by atoms with Gasteiger partial charge in [0.1, 0.15) is 0 Å². The molecule has 1 N–H and O–H groups in total. The second-order valence-corrected chi connectivity index (χ2v) is 6.66. The van der Waals surface area contributed by atoms with Crippen molar-refractivity contribution in [2.75, 3.05) is 19.8 Å². The van der Waals surface area contributed by atoms with Crippen LogP contribution in [0.3, 0.4) is 0 Å². The summed E-state index contributed by atoms with van der Waals surface area (Å²) >= 11 is 0. The monoisotopic (exact) mass is 255 g/mol. The standard InChI is InChI=1S/C15H29NO2/c1-4-5-12-6-7-14(17)13(10-12)16-8-9-18-11-15(16,2)3/h12-14,17H,4-11H2,1-3H3. The molecule has 18 heavy (non-hydrogen) atoms. The van der Waals surface area contributed by atoms with E-state index in [1.807, 2.05) is 0 Å². The zero-order valence-corrected chi connectivity index (χ0v) is 12.2. The molecule has 0 radical (unpaired) electrons. The summed E-state index contributed by atoms with van der Waals surface area (Å²) in [4.78, 5) is 2.50. The van der Waals surface area contributed by atoms with E-state index < -0.39 is 0 Å². The Morgan fingerprint density at radius 1 is 1.33 bits per heavy atom. The Labute approximate surface area is 112 Å². The van der Waals surface area contributed by atoms with Crippen LogP contribution in [0.1, 0.15) is 52.9 Å². The quantitative estimate of drug-likeness (QED) is 0.840. The van der Waals surface area contributed by atoms with Crippen LogP contribution in [-0.4, -0.2) is 47.4 Å². The van der Waals surface area contributed by atoms with Gasteiger partial charge in [-0.15, -0.1) is 0 Å². The Bertz CT molecular complexity index is 267. The van der Waals surface area contributed by atoms with Crippen LogP contribution in [0, 0.1) is 5.92 Å². The molecule has 1 aliphatic carbocycles. The van der Waals surface area contributed by atoms with Gasteiger partial charge in [0.15, 0.2) is 0 Å². The highest BCUT2D eigenvalue weighted by atomic mass is 16.5. The maximum Gasteiger partial charge on any atom is 0.0695 e. The average molecular weight is 255 g/mol. The van der Waals surface area contributed by atoms with Crippen molar-refractivity contribution in [3.8, 4) is 0 Å². The third-order valence-electron chi connectivity index (χ3n) is 4.70. The Morgan fingerprint density at radius 2 is 2.11 bits per heavy atom. The molecule has 2 rings (SSSR count). The predicted molar refractivity (Wildman–Crippen MR) is 73.6 cm³/mol. The third kappa shape index (κ3) is 3.06. The first-order chi connectivity index (χ1) is 8.54. The smallest absolute Gasteiger partial charge is 0.0695 e. The molecule has 0 bridgehead atoms. The molecule has 1 saturated carbocycles. The first-order valence-corrected chi connectivity index (χ1v) is 7.57. The minimum Gasteiger partial charge on any atom is -0.391 e. The second kappa shape index (κ2) is 5.89. The van der Waals surface area contributed by atoms with Gasteiger partial charge in [-0.05, 0) is 39.0 Å². The first-order valence-electron chi connectivity index (χ1n) is 7.57. The van der Waals surface area contributed by atoms with Gasteiger partial charge in [0.05, 0.1) is 19.3 Å². The van der Waals surface area contributed by atoms with Crippen molar-refractivity contribution in [2.45, 2.75) is 70.6 Å². The lowest BCUT2D eigenvalue weighted by Crippen LogP contribution is -2.61. The molecule has 3 unspecified atom stereocenters. The largest absolute Gasteiger partial charge is 0.391 e. The van der Waals surface area contributed by atoms with Crippen LogP contribution in [0.2, 0.25) is 0 Å². The van der Waals surface area contributed by atoms with E-state index in [2.05, 4.69) is 25.7 Å². The molecule has 0 aromatic heterocycles. The molecule has 0 aromatic rings. The van der Waals surface area contributed by atoms with E-state index >= 15 is 0 Å². The van der Waals surface area contributed by atoms with Gasteiger partial charge in [0.2, 0.25) is 0 Å². The van der Waals surface area contributed by atoms with Crippen LogP contribution in [0.5, 0.6) is 0 Å². The fraction of sp³-hybridized carbons (Fsp3) is 1.00. The van der Waals surface area contributed by atoms with Crippen molar-refractivity contribution in [1.29, 1.82) is 0 Å². The molecule has 1 saturated heterocycles. The Balaban J connectivity index is 2.04. The third-order valence-corrected chi connectivity index (χ3v) is 4.70. The van der Waals surface area contributed by atoms with Gasteiger partial charge in [0, 0.05) is 18.1 Å². The number of morpholine rings is 1. The van der Waals surface area contributed by atoms with E-state index in [9.17, 15) is 5.11 Å². The maximum atomic E-state index is 10.4. The summed E-state index contributed by atoms with van der Waals surface area (Å²) in [7, 11) is 0. The van der Waals surface area contributed by atoms with Crippen LogP contribution < -0.4 is 0 Å². The van der Waals surface area contributed by atoms with Crippen molar-refractivity contribution in [3.63, 3.8) is 0 Å². The highest BCUT2D eigenvalue weighted by molar-refractivity contribution is 4.95. The van der Waals surface area contributed by atoms with Crippen molar-refractivity contribution in [1.82, 2.24) is 4.90 Å². The van der Waals surface area contributed by atoms with Crippen LogP contribution in [0.4, 0.5) is 0 Å². The van der Waals surface area contributed by atoms with Crippen molar-refractivity contribution >= 4 is 0 Å². The van der Waals surface area contributed by atoms with E-state index in [4.69, 9.17) is 4.74 Å². The highest BCUT2D eigenvalue weighted by Gasteiger charge is 2.41. The van der Waals surface area contributed by atoms with Crippen molar-refractivity contribution < 1.29 is 9.84 Å². The molecule has 0 amide bonds. The summed E-state index contributed by atoms with van der Waals surface area (Å²) in [6, 6.07) is 0.342. The van der Waals surface area contributed by atoms with Gasteiger partial charge in [-0.2, -0.15) is 0 Å². The lowest BCUT2D eigenvalue weighted by Gasteiger charge is -2.50. The zero-order valence-electron chi connectivity index (χ0n) is 12.2. The minimum absolute atomic E-state index is 0.0675. The van der Waals surface area contributed by atoms with Gasteiger partial charge >= 0.3 is 0 Å². The number of rotatable bonds is 3. The van der Waals surface area contributed by atoms with Gasteiger partial charge in [-0.3, -0.25) is 4.90 Å². The van der Waals surface area contributed by atoms with Gasteiger partial charge < -0.3 is 9.84 Å². The number of nitrogens with zero attached hydrogens (tertiary/aromatic N) is 1. The van der Waals surface area contributed by atoms with E-state index in [0.717, 1.165) is 32.1 Å². The molecule has 3 heteroatoms. The van der Waals surface area contributed by atoms with E-state index in [-0.39, 0.29) is 11.6 Å². The molecule has 1 aliphatic heterocycles. The molecule has 3 atom stereocenters. The number of hydrogen-bond acceptors (Lipinski definition) is 3. The molecule has 3 nitrogen and oxygen atoms in total. The summed E-state index contributed by atoms with van der Waals surface area (Å²) < 4.78 is 5.59. The summed E-state index contributed by atoms with van der Waals surface area (Å²) in [5, 5.41) is 10.4. The Morgan fingerprint density at radius 3 is 2.78 bits per heavy atom. The number of aliphatic hydroxyl groups excluding tert-OH is 1. The normalized spacial score (nSPS) is 37.7. The fourth-order valence-corrected chi connectivity index (χ4v) is 3.71. The van der Waals surface area contributed by atoms with Crippen molar-refractivity contribution in [3.05, 3.63) is 0 Å². The molecular weight excluding hydrogens is 226 g/mol. The molecule has 2 aliphatic rings. The van der Waals surface area contributed by atoms with Crippen LogP contribution in [0.15, 0.2) is 0 Å². The fourth-order valence-electron chi connectivity index (χ4n) is 3.71. The van der Waals surface area contributed by atoms with Gasteiger partial charge in [0.25, 0.3) is 0 Å². The summed E-state index contributed by atoms with van der Waals surface area (Å²) in [5.74, 6) is 0.807. The number of hydrogen-bond donors (Lipinski definition) is 1. The van der Waals surface area contributed by atoms with E-state index in [1.165, 1.54) is 25.7 Å². The average Bonchev–Trinajstić information content (AvgIpc) is 2.32.